The number of aromatic carboxylic acids is 1. The summed E-state index contributed by atoms with van der Waals surface area (Å²) in [5.74, 6) is -1.74. The van der Waals surface area contributed by atoms with Crippen LogP contribution in [0.25, 0.3) is 0 Å². The van der Waals surface area contributed by atoms with E-state index in [9.17, 15) is 9.18 Å². The predicted molar refractivity (Wildman–Crippen MR) is 58.5 cm³/mol. The van der Waals surface area contributed by atoms with E-state index in [2.05, 4.69) is 10.1 Å². The summed E-state index contributed by atoms with van der Waals surface area (Å²) in [5.41, 5.74) is -0.0789. The molecule has 0 saturated heterocycles. The summed E-state index contributed by atoms with van der Waals surface area (Å²) in [6.45, 7) is 0. The number of hydrogen-bond donors (Lipinski definition) is 1. The highest BCUT2D eigenvalue weighted by atomic mass is 32.2. The Kier molecular flexibility index (Phi) is 3.10. The van der Waals surface area contributed by atoms with Gasteiger partial charge >= 0.3 is 5.97 Å². The van der Waals surface area contributed by atoms with Crippen LogP contribution in [-0.4, -0.2) is 25.8 Å². The van der Waals surface area contributed by atoms with Gasteiger partial charge in [0.05, 0.1) is 10.5 Å². The van der Waals surface area contributed by atoms with Gasteiger partial charge in [-0.2, -0.15) is 5.10 Å². The lowest BCUT2D eigenvalue weighted by molar-refractivity contribution is 0.0696. The fourth-order valence-corrected chi connectivity index (χ4v) is 1.96. The molecule has 0 atom stereocenters. The average molecular weight is 253 g/mol. The summed E-state index contributed by atoms with van der Waals surface area (Å²) < 4.78 is 15.1. The molecule has 0 bridgehead atoms. The molecule has 2 rings (SSSR count). The molecule has 5 nitrogen and oxygen atoms in total. The maximum Gasteiger partial charge on any atom is 0.335 e. The topological polar surface area (TPSA) is 68.0 Å². The van der Waals surface area contributed by atoms with Gasteiger partial charge in [-0.1, -0.05) is 0 Å². The van der Waals surface area contributed by atoms with Crippen LogP contribution in [0.4, 0.5) is 4.39 Å². The Bertz CT molecular complexity index is 570. The van der Waals surface area contributed by atoms with Crippen molar-refractivity contribution in [3.63, 3.8) is 0 Å². The van der Waals surface area contributed by atoms with Gasteiger partial charge in [0.2, 0.25) is 0 Å². The van der Waals surface area contributed by atoms with Crippen LogP contribution in [0.2, 0.25) is 0 Å². The van der Waals surface area contributed by atoms with E-state index in [1.54, 1.807) is 7.05 Å². The molecule has 0 unspecified atom stereocenters. The van der Waals surface area contributed by atoms with Crippen LogP contribution in [0.15, 0.2) is 34.6 Å². The Hall–Kier alpha value is -1.89. The maximum absolute atomic E-state index is 13.6. The van der Waals surface area contributed by atoms with Crippen LogP contribution in [0.1, 0.15) is 10.4 Å². The first-order valence-corrected chi connectivity index (χ1v) is 5.44. The molecule has 7 heteroatoms. The monoisotopic (exact) mass is 253 g/mol. The fraction of sp³-hybridized carbons (Fsp3) is 0.100. The second-order valence-electron chi connectivity index (χ2n) is 3.22. The third-order valence-electron chi connectivity index (χ3n) is 2.05. The fourth-order valence-electron chi connectivity index (χ4n) is 1.19. The van der Waals surface area contributed by atoms with Gasteiger partial charge in [0.25, 0.3) is 0 Å². The first kappa shape index (κ1) is 11.6. The van der Waals surface area contributed by atoms with E-state index in [0.717, 1.165) is 17.8 Å². The van der Waals surface area contributed by atoms with Crippen molar-refractivity contribution in [2.75, 3.05) is 0 Å². The zero-order valence-corrected chi connectivity index (χ0v) is 9.61. The van der Waals surface area contributed by atoms with Crippen LogP contribution in [0.5, 0.6) is 0 Å². The lowest BCUT2D eigenvalue weighted by atomic mass is 10.2. The number of aromatic nitrogens is 3. The molecule has 0 fully saturated rings. The molecule has 88 valence electrons. The molecule has 0 aliphatic carbocycles. The van der Waals surface area contributed by atoms with Gasteiger partial charge in [0, 0.05) is 7.05 Å². The number of aryl methyl sites for hydroxylation is 1. The van der Waals surface area contributed by atoms with E-state index in [1.165, 1.54) is 23.1 Å². The third kappa shape index (κ3) is 2.44. The van der Waals surface area contributed by atoms with Crippen molar-refractivity contribution in [3.8, 4) is 0 Å². The number of carbonyl (C=O) groups is 1. The Labute approximate surface area is 100 Å². The predicted octanol–water partition coefficient (Wildman–Crippen LogP) is 1.80. The highest BCUT2D eigenvalue weighted by molar-refractivity contribution is 7.99. The number of carboxylic acid groups (broad SMARTS) is 1. The third-order valence-corrected chi connectivity index (χ3v) is 3.15. The second-order valence-corrected chi connectivity index (χ2v) is 4.23. The van der Waals surface area contributed by atoms with Crippen LogP contribution >= 0.6 is 11.8 Å². The van der Waals surface area contributed by atoms with Gasteiger partial charge in [-0.3, -0.25) is 0 Å². The van der Waals surface area contributed by atoms with E-state index >= 15 is 0 Å². The lowest BCUT2D eigenvalue weighted by Crippen LogP contribution is -1.98. The van der Waals surface area contributed by atoms with Crippen LogP contribution in [-0.2, 0) is 7.05 Å². The van der Waals surface area contributed by atoms with Crippen molar-refractivity contribution in [1.82, 2.24) is 14.8 Å². The van der Waals surface area contributed by atoms with E-state index < -0.39 is 11.8 Å². The molecule has 0 radical (unpaired) electrons. The summed E-state index contributed by atoms with van der Waals surface area (Å²) in [5, 5.41) is 13.1. The second kappa shape index (κ2) is 4.54. The average Bonchev–Trinajstić information content (AvgIpc) is 2.67. The van der Waals surface area contributed by atoms with Crippen molar-refractivity contribution in [1.29, 1.82) is 0 Å². The van der Waals surface area contributed by atoms with Gasteiger partial charge in [-0.25, -0.2) is 18.9 Å². The molecular weight excluding hydrogens is 245 g/mol. The molecule has 1 heterocycles. The summed E-state index contributed by atoms with van der Waals surface area (Å²) in [4.78, 5) is 14.9. The van der Waals surface area contributed by atoms with Gasteiger partial charge in [0.15, 0.2) is 5.16 Å². The van der Waals surface area contributed by atoms with E-state index in [1.807, 2.05) is 0 Å². The zero-order chi connectivity index (χ0) is 12.4. The molecule has 17 heavy (non-hydrogen) atoms. The number of nitrogens with zero attached hydrogens (tertiary/aromatic N) is 3. The standard InChI is InChI=1S/C10H8FN3O2S/c1-14-10(12-5-13-14)17-8-3-2-6(9(15)16)4-7(8)11/h2-5H,1H3,(H,15,16). The molecule has 1 aromatic heterocycles. The number of carboxylic acids is 1. The Balaban J connectivity index is 2.29. The largest absolute Gasteiger partial charge is 0.478 e. The minimum Gasteiger partial charge on any atom is -0.478 e. The number of rotatable bonds is 3. The number of benzene rings is 1. The Morgan fingerprint density at radius 2 is 2.29 bits per heavy atom. The number of hydrogen-bond acceptors (Lipinski definition) is 4. The molecule has 1 aromatic carbocycles. The minimum atomic E-state index is -1.15. The van der Waals surface area contributed by atoms with Gasteiger partial charge in [0.1, 0.15) is 12.1 Å². The molecular formula is C10H8FN3O2S. The molecule has 1 N–H and O–H groups in total. The lowest BCUT2D eigenvalue weighted by Gasteiger charge is -2.03. The molecule has 0 amide bonds. The van der Waals surface area contributed by atoms with Crippen molar-refractivity contribution in [2.24, 2.45) is 7.05 Å². The van der Waals surface area contributed by atoms with Gasteiger partial charge in [-0.05, 0) is 30.0 Å². The maximum atomic E-state index is 13.6. The molecule has 0 aliphatic heterocycles. The SMILES string of the molecule is Cn1ncnc1Sc1ccc(C(=O)O)cc1F. The quantitative estimate of drug-likeness (QED) is 0.903. The van der Waals surface area contributed by atoms with E-state index in [-0.39, 0.29) is 5.56 Å². The Morgan fingerprint density at radius 1 is 1.53 bits per heavy atom. The van der Waals surface area contributed by atoms with Crippen molar-refractivity contribution >= 4 is 17.7 Å². The first-order chi connectivity index (χ1) is 8.08. The van der Waals surface area contributed by atoms with Gasteiger partial charge in [-0.15, -0.1) is 0 Å². The molecule has 0 saturated carbocycles. The molecule has 2 aromatic rings. The summed E-state index contributed by atoms with van der Waals surface area (Å²) >= 11 is 1.09. The minimum absolute atomic E-state index is 0.0789. The smallest absolute Gasteiger partial charge is 0.335 e. The van der Waals surface area contributed by atoms with Crippen molar-refractivity contribution in [2.45, 2.75) is 10.1 Å². The molecule has 0 spiro atoms. The van der Waals surface area contributed by atoms with E-state index in [4.69, 9.17) is 5.11 Å². The first-order valence-electron chi connectivity index (χ1n) is 4.62. The van der Waals surface area contributed by atoms with Gasteiger partial charge < -0.3 is 5.11 Å². The van der Waals surface area contributed by atoms with E-state index in [0.29, 0.717) is 10.1 Å². The highest BCUT2D eigenvalue weighted by Crippen LogP contribution is 2.28. The van der Waals surface area contributed by atoms with Crippen LogP contribution < -0.4 is 0 Å². The van der Waals surface area contributed by atoms with Crippen LogP contribution in [0.3, 0.4) is 0 Å². The summed E-state index contributed by atoms with van der Waals surface area (Å²) in [6, 6.07) is 3.75. The van der Waals surface area contributed by atoms with Crippen molar-refractivity contribution < 1.29 is 14.3 Å². The summed E-state index contributed by atoms with van der Waals surface area (Å²) in [7, 11) is 1.69. The Morgan fingerprint density at radius 3 is 2.82 bits per heavy atom. The van der Waals surface area contributed by atoms with Crippen LogP contribution in [0, 0.1) is 5.82 Å². The highest BCUT2D eigenvalue weighted by Gasteiger charge is 2.11. The summed E-state index contributed by atoms with van der Waals surface area (Å²) in [6.07, 6.45) is 1.37. The zero-order valence-electron chi connectivity index (χ0n) is 8.79. The normalized spacial score (nSPS) is 10.5. The number of halogens is 1. The van der Waals surface area contributed by atoms with Crippen molar-refractivity contribution in [3.05, 3.63) is 35.9 Å². The molecule has 0 aliphatic rings.